The highest BCUT2D eigenvalue weighted by Crippen LogP contribution is 2.30. The molecule has 26 heavy (non-hydrogen) atoms. The number of aromatic nitrogens is 1. The van der Waals surface area contributed by atoms with Crippen molar-refractivity contribution in [3.8, 4) is 11.3 Å². The lowest BCUT2D eigenvalue weighted by molar-refractivity contribution is 0.102. The molecule has 3 aromatic rings. The van der Waals surface area contributed by atoms with Crippen molar-refractivity contribution in [2.75, 3.05) is 23.3 Å². The Hall–Kier alpha value is -2.66. The zero-order chi connectivity index (χ0) is 17.9. The van der Waals surface area contributed by atoms with Crippen LogP contribution in [0.5, 0.6) is 0 Å². The van der Waals surface area contributed by atoms with Crippen LogP contribution in [0.1, 0.15) is 28.8 Å². The molecule has 5 heteroatoms. The van der Waals surface area contributed by atoms with Gasteiger partial charge in [-0.05, 0) is 43.5 Å². The SMILES string of the molecule is Cc1ccccc1C(=O)Nc1ccc(-c2csc(N3CCCC3)n2)cc1. The van der Waals surface area contributed by atoms with Crippen molar-refractivity contribution in [1.29, 1.82) is 0 Å². The van der Waals surface area contributed by atoms with Crippen molar-refractivity contribution in [3.63, 3.8) is 0 Å². The molecule has 4 rings (SSSR count). The molecule has 0 unspecified atom stereocenters. The van der Waals surface area contributed by atoms with E-state index in [1.807, 2.05) is 55.5 Å². The van der Waals surface area contributed by atoms with Crippen LogP contribution >= 0.6 is 11.3 Å². The lowest BCUT2D eigenvalue weighted by Crippen LogP contribution is -2.17. The zero-order valence-corrected chi connectivity index (χ0v) is 15.6. The number of carbonyl (C=O) groups is 1. The van der Waals surface area contributed by atoms with Crippen LogP contribution in [0.3, 0.4) is 0 Å². The fraction of sp³-hybridized carbons (Fsp3) is 0.238. The zero-order valence-electron chi connectivity index (χ0n) is 14.7. The minimum Gasteiger partial charge on any atom is -0.348 e. The first kappa shape index (κ1) is 16.8. The molecule has 0 aliphatic carbocycles. The molecule has 1 N–H and O–H groups in total. The number of nitrogens with zero attached hydrogens (tertiary/aromatic N) is 2. The summed E-state index contributed by atoms with van der Waals surface area (Å²) in [4.78, 5) is 19.5. The van der Waals surface area contributed by atoms with Gasteiger partial charge in [-0.1, -0.05) is 30.3 Å². The average molecular weight is 363 g/mol. The van der Waals surface area contributed by atoms with E-state index < -0.39 is 0 Å². The highest BCUT2D eigenvalue weighted by atomic mass is 32.1. The molecule has 132 valence electrons. The predicted molar refractivity (Wildman–Crippen MR) is 108 cm³/mol. The Morgan fingerprint density at radius 3 is 2.54 bits per heavy atom. The number of rotatable bonds is 4. The normalized spacial score (nSPS) is 13.8. The molecule has 0 bridgehead atoms. The summed E-state index contributed by atoms with van der Waals surface area (Å²) in [6, 6.07) is 15.5. The van der Waals surface area contributed by atoms with Crippen LogP contribution in [0.4, 0.5) is 10.8 Å². The summed E-state index contributed by atoms with van der Waals surface area (Å²) in [7, 11) is 0. The Bertz CT molecular complexity index is 911. The van der Waals surface area contributed by atoms with E-state index in [4.69, 9.17) is 4.98 Å². The fourth-order valence-electron chi connectivity index (χ4n) is 3.20. The van der Waals surface area contributed by atoms with E-state index in [2.05, 4.69) is 15.6 Å². The van der Waals surface area contributed by atoms with Crippen molar-refractivity contribution < 1.29 is 4.79 Å². The lowest BCUT2D eigenvalue weighted by atomic mass is 10.1. The third kappa shape index (κ3) is 3.48. The number of nitrogens with one attached hydrogen (secondary N) is 1. The Balaban J connectivity index is 1.47. The topological polar surface area (TPSA) is 45.2 Å². The molecule has 1 fully saturated rings. The molecule has 1 aromatic heterocycles. The van der Waals surface area contributed by atoms with Gasteiger partial charge in [-0.25, -0.2) is 4.98 Å². The first-order valence-electron chi connectivity index (χ1n) is 8.88. The van der Waals surface area contributed by atoms with Gasteiger partial charge in [0.25, 0.3) is 5.91 Å². The maximum atomic E-state index is 12.4. The molecule has 1 amide bonds. The van der Waals surface area contributed by atoms with E-state index in [0.29, 0.717) is 5.56 Å². The van der Waals surface area contributed by atoms with Crippen LogP contribution in [-0.4, -0.2) is 24.0 Å². The van der Waals surface area contributed by atoms with Crippen LogP contribution < -0.4 is 10.2 Å². The number of amides is 1. The number of anilines is 2. The van der Waals surface area contributed by atoms with Gasteiger partial charge in [-0.2, -0.15) is 0 Å². The van der Waals surface area contributed by atoms with Gasteiger partial charge in [0.2, 0.25) is 0 Å². The number of thiazole rings is 1. The van der Waals surface area contributed by atoms with Crippen LogP contribution in [-0.2, 0) is 0 Å². The quantitative estimate of drug-likeness (QED) is 0.712. The van der Waals surface area contributed by atoms with E-state index in [0.717, 1.165) is 40.7 Å². The predicted octanol–water partition coefficient (Wildman–Crippen LogP) is 4.97. The second-order valence-corrected chi connectivity index (χ2v) is 7.39. The molecule has 0 saturated carbocycles. The van der Waals surface area contributed by atoms with Crippen molar-refractivity contribution >= 4 is 28.1 Å². The fourth-order valence-corrected chi connectivity index (χ4v) is 4.09. The van der Waals surface area contributed by atoms with E-state index >= 15 is 0 Å². The third-order valence-corrected chi connectivity index (χ3v) is 5.60. The second kappa shape index (κ2) is 7.30. The molecular weight excluding hydrogens is 342 g/mol. The third-order valence-electron chi connectivity index (χ3n) is 4.70. The molecule has 4 nitrogen and oxygen atoms in total. The first-order valence-corrected chi connectivity index (χ1v) is 9.76. The molecule has 2 aromatic carbocycles. The van der Waals surface area contributed by atoms with E-state index in [9.17, 15) is 4.79 Å². The summed E-state index contributed by atoms with van der Waals surface area (Å²) in [5.74, 6) is -0.0826. The molecule has 1 saturated heterocycles. The summed E-state index contributed by atoms with van der Waals surface area (Å²) in [5, 5.41) is 6.17. The number of carbonyl (C=O) groups excluding carboxylic acids is 1. The molecule has 1 aliphatic rings. The van der Waals surface area contributed by atoms with E-state index in [1.165, 1.54) is 12.8 Å². The number of benzene rings is 2. The highest BCUT2D eigenvalue weighted by molar-refractivity contribution is 7.14. The first-order chi connectivity index (χ1) is 12.7. The van der Waals surface area contributed by atoms with E-state index in [-0.39, 0.29) is 5.91 Å². The van der Waals surface area contributed by atoms with Crippen molar-refractivity contribution in [1.82, 2.24) is 4.98 Å². The van der Waals surface area contributed by atoms with Gasteiger partial charge in [0.05, 0.1) is 5.69 Å². The van der Waals surface area contributed by atoms with Crippen LogP contribution in [0.2, 0.25) is 0 Å². The second-order valence-electron chi connectivity index (χ2n) is 6.56. The molecule has 1 aliphatic heterocycles. The van der Waals surface area contributed by atoms with Gasteiger partial charge in [0.15, 0.2) is 5.13 Å². The van der Waals surface area contributed by atoms with Crippen molar-refractivity contribution in [3.05, 3.63) is 65.0 Å². The molecule has 0 spiro atoms. The van der Waals surface area contributed by atoms with Gasteiger partial charge in [-0.15, -0.1) is 11.3 Å². The van der Waals surface area contributed by atoms with Gasteiger partial charge < -0.3 is 10.2 Å². The number of aryl methyl sites for hydroxylation is 1. The summed E-state index contributed by atoms with van der Waals surface area (Å²) in [5.41, 5.74) is 4.52. The average Bonchev–Trinajstić information content (AvgIpc) is 3.34. The number of hydrogen-bond donors (Lipinski definition) is 1. The molecular formula is C21H21N3OS. The van der Waals surface area contributed by atoms with Gasteiger partial charge >= 0.3 is 0 Å². The lowest BCUT2D eigenvalue weighted by Gasteiger charge is -2.12. The smallest absolute Gasteiger partial charge is 0.255 e. The van der Waals surface area contributed by atoms with Crippen LogP contribution in [0.15, 0.2) is 53.9 Å². The van der Waals surface area contributed by atoms with E-state index in [1.54, 1.807) is 11.3 Å². The summed E-state index contributed by atoms with van der Waals surface area (Å²) in [6.45, 7) is 4.16. The largest absolute Gasteiger partial charge is 0.348 e. The van der Waals surface area contributed by atoms with Crippen molar-refractivity contribution in [2.45, 2.75) is 19.8 Å². The summed E-state index contributed by atoms with van der Waals surface area (Å²) in [6.07, 6.45) is 2.51. The summed E-state index contributed by atoms with van der Waals surface area (Å²) >= 11 is 1.70. The Labute approximate surface area is 157 Å². The monoisotopic (exact) mass is 363 g/mol. The maximum absolute atomic E-state index is 12.4. The summed E-state index contributed by atoms with van der Waals surface area (Å²) < 4.78 is 0. The standard InChI is InChI=1S/C21H21N3OS/c1-15-6-2-3-7-18(15)20(25)22-17-10-8-16(9-11-17)19-14-26-21(23-19)24-12-4-5-13-24/h2-3,6-11,14H,4-5,12-13H2,1H3,(H,22,25). The molecule has 0 atom stereocenters. The highest BCUT2D eigenvalue weighted by Gasteiger charge is 2.16. The minimum absolute atomic E-state index is 0.0826. The Morgan fingerprint density at radius 1 is 1.08 bits per heavy atom. The minimum atomic E-state index is -0.0826. The van der Waals surface area contributed by atoms with Crippen LogP contribution in [0, 0.1) is 6.92 Å². The van der Waals surface area contributed by atoms with Crippen LogP contribution in [0.25, 0.3) is 11.3 Å². The van der Waals surface area contributed by atoms with Crippen molar-refractivity contribution in [2.24, 2.45) is 0 Å². The van der Waals surface area contributed by atoms with Gasteiger partial charge in [0, 0.05) is 35.3 Å². The number of hydrogen-bond acceptors (Lipinski definition) is 4. The molecule has 0 radical (unpaired) electrons. The molecule has 2 heterocycles. The maximum Gasteiger partial charge on any atom is 0.255 e. The van der Waals surface area contributed by atoms with Gasteiger partial charge in [-0.3, -0.25) is 4.79 Å². The Kier molecular flexibility index (Phi) is 4.71. The van der Waals surface area contributed by atoms with Gasteiger partial charge in [0.1, 0.15) is 0 Å². The Morgan fingerprint density at radius 2 is 1.81 bits per heavy atom.